The van der Waals surface area contributed by atoms with Gasteiger partial charge in [0.05, 0.1) is 5.52 Å². The quantitative estimate of drug-likeness (QED) is 0.740. The third kappa shape index (κ3) is 2.05. The van der Waals surface area contributed by atoms with Crippen molar-refractivity contribution >= 4 is 16.6 Å². The van der Waals surface area contributed by atoms with E-state index in [0.717, 1.165) is 23.0 Å². The Kier molecular flexibility index (Phi) is 3.18. The Bertz CT molecular complexity index is 743. The van der Waals surface area contributed by atoms with E-state index in [9.17, 15) is 0 Å². The lowest BCUT2D eigenvalue weighted by Crippen LogP contribution is -1.95. The molecule has 0 fully saturated rings. The standard InChI is InChI=1S/C17H19N3/c1-3-11(2)17-13(6-8-20-17)12-4-5-16-14(10-12)15(18)7-9-19-16/h4-11,20H,3H2,1-2H3,(H2,18,19). The smallest absolute Gasteiger partial charge is 0.0723 e. The van der Waals surface area contributed by atoms with Crippen LogP contribution in [0.25, 0.3) is 22.0 Å². The minimum Gasteiger partial charge on any atom is -0.398 e. The fraction of sp³-hybridized carbons (Fsp3) is 0.235. The molecule has 3 rings (SSSR count). The van der Waals surface area contributed by atoms with Crippen LogP contribution in [0.3, 0.4) is 0 Å². The van der Waals surface area contributed by atoms with Crippen molar-refractivity contribution in [2.24, 2.45) is 0 Å². The molecular weight excluding hydrogens is 246 g/mol. The molecule has 0 saturated heterocycles. The van der Waals surface area contributed by atoms with Crippen molar-refractivity contribution in [2.75, 3.05) is 5.73 Å². The number of nitrogens with two attached hydrogens (primary N) is 1. The number of fused-ring (bicyclic) bond motifs is 1. The Morgan fingerprint density at radius 3 is 2.90 bits per heavy atom. The molecule has 0 radical (unpaired) electrons. The molecule has 102 valence electrons. The molecule has 1 atom stereocenters. The Morgan fingerprint density at radius 2 is 2.10 bits per heavy atom. The molecule has 3 aromatic rings. The van der Waals surface area contributed by atoms with Gasteiger partial charge in [0, 0.05) is 34.7 Å². The summed E-state index contributed by atoms with van der Waals surface area (Å²) in [6.45, 7) is 4.45. The van der Waals surface area contributed by atoms with E-state index in [1.165, 1.54) is 16.8 Å². The van der Waals surface area contributed by atoms with Crippen LogP contribution in [0.1, 0.15) is 31.9 Å². The zero-order chi connectivity index (χ0) is 14.1. The summed E-state index contributed by atoms with van der Waals surface area (Å²) in [4.78, 5) is 7.72. The predicted octanol–water partition coefficient (Wildman–Crippen LogP) is 4.33. The van der Waals surface area contributed by atoms with Crippen molar-refractivity contribution in [2.45, 2.75) is 26.2 Å². The summed E-state index contributed by atoms with van der Waals surface area (Å²) in [5.74, 6) is 0.516. The Labute approximate surface area is 118 Å². The first-order valence-electron chi connectivity index (χ1n) is 7.02. The Hall–Kier alpha value is -2.29. The van der Waals surface area contributed by atoms with E-state index < -0.39 is 0 Å². The van der Waals surface area contributed by atoms with E-state index in [0.29, 0.717) is 5.92 Å². The lowest BCUT2D eigenvalue weighted by Gasteiger charge is -2.11. The maximum atomic E-state index is 6.05. The number of benzene rings is 1. The molecule has 1 aromatic carbocycles. The van der Waals surface area contributed by atoms with Crippen LogP contribution in [0.2, 0.25) is 0 Å². The highest BCUT2D eigenvalue weighted by molar-refractivity contribution is 5.93. The van der Waals surface area contributed by atoms with E-state index >= 15 is 0 Å². The second-order valence-electron chi connectivity index (χ2n) is 5.25. The molecule has 0 aliphatic rings. The normalized spacial score (nSPS) is 12.7. The number of rotatable bonds is 3. The number of aromatic amines is 1. The lowest BCUT2D eigenvalue weighted by molar-refractivity contribution is 0.715. The average molecular weight is 265 g/mol. The van der Waals surface area contributed by atoms with E-state index in [-0.39, 0.29) is 0 Å². The van der Waals surface area contributed by atoms with Gasteiger partial charge in [-0.1, -0.05) is 19.9 Å². The topological polar surface area (TPSA) is 54.7 Å². The van der Waals surface area contributed by atoms with Gasteiger partial charge in [0.25, 0.3) is 0 Å². The van der Waals surface area contributed by atoms with Gasteiger partial charge in [-0.15, -0.1) is 0 Å². The second-order valence-corrected chi connectivity index (χ2v) is 5.25. The fourth-order valence-corrected chi connectivity index (χ4v) is 2.58. The Balaban J connectivity index is 2.16. The van der Waals surface area contributed by atoms with Crippen molar-refractivity contribution in [1.82, 2.24) is 9.97 Å². The van der Waals surface area contributed by atoms with Crippen LogP contribution in [-0.4, -0.2) is 9.97 Å². The number of H-pyrrole nitrogens is 1. The first-order valence-corrected chi connectivity index (χ1v) is 7.02. The predicted molar refractivity (Wildman–Crippen MR) is 84.6 cm³/mol. The highest BCUT2D eigenvalue weighted by Crippen LogP contribution is 2.32. The molecule has 0 amide bonds. The number of hydrogen-bond acceptors (Lipinski definition) is 2. The minimum atomic E-state index is 0.516. The number of nitrogen functional groups attached to an aromatic ring is 1. The summed E-state index contributed by atoms with van der Waals surface area (Å²) in [5, 5.41) is 1.02. The van der Waals surface area contributed by atoms with E-state index in [4.69, 9.17) is 5.73 Å². The maximum Gasteiger partial charge on any atom is 0.0723 e. The molecule has 2 heterocycles. The number of pyridine rings is 1. The van der Waals surface area contributed by atoms with Crippen LogP contribution in [0, 0.1) is 0 Å². The summed E-state index contributed by atoms with van der Waals surface area (Å²) in [5.41, 5.74) is 11.5. The molecule has 0 spiro atoms. The van der Waals surface area contributed by atoms with Crippen LogP contribution in [0.4, 0.5) is 5.69 Å². The van der Waals surface area contributed by atoms with Crippen molar-refractivity contribution in [3.05, 3.63) is 48.4 Å². The monoisotopic (exact) mass is 265 g/mol. The molecule has 0 aliphatic carbocycles. The molecule has 0 aliphatic heterocycles. The van der Waals surface area contributed by atoms with E-state index in [1.54, 1.807) is 6.20 Å². The highest BCUT2D eigenvalue weighted by Gasteiger charge is 2.12. The zero-order valence-corrected chi connectivity index (χ0v) is 11.9. The number of nitrogens with zero attached hydrogens (tertiary/aromatic N) is 1. The lowest BCUT2D eigenvalue weighted by atomic mass is 9.96. The molecule has 3 heteroatoms. The van der Waals surface area contributed by atoms with Gasteiger partial charge in [0.2, 0.25) is 0 Å². The zero-order valence-electron chi connectivity index (χ0n) is 11.9. The van der Waals surface area contributed by atoms with Gasteiger partial charge in [-0.05, 0) is 42.2 Å². The number of anilines is 1. The van der Waals surface area contributed by atoms with Crippen LogP contribution >= 0.6 is 0 Å². The van der Waals surface area contributed by atoms with E-state index in [1.807, 2.05) is 18.3 Å². The first kappa shape index (κ1) is 12.7. The van der Waals surface area contributed by atoms with Crippen molar-refractivity contribution in [3.63, 3.8) is 0 Å². The van der Waals surface area contributed by atoms with Gasteiger partial charge in [-0.25, -0.2) is 0 Å². The molecule has 3 N–H and O–H groups in total. The van der Waals surface area contributed by atoms with Crippen molar-refractivity contribution in [3.8, 4) is 11.1 Å². The summed E-state index contributed by atoms with van der Waals surface area (Å²) in [6.07, 6.45) is 4.87. The molecule has 2 aromatic heterocycles. The molecular formula is C17H19N3. The maximum absolute atomic E-state index is 6.05. The van der Waals surface area contributed by atoms with Gasteiger partial charge in [-0.2, -0.15) is 0 Å². The Morgan fingerprint density at radius 1 is 1.25 bits per heavy atom. The van der Waals surface area contributed by atoms with Gasteiger partial charge in [-0.3, -0.25) is 4.98 Å². The minimum absolute atomic E-state index is 0.516. The van der Waals surface area contributed by atoms with Crippen molar-refractivity contribution in [1.29, 1.82) is 0 Å². The summed E-state index contributed by atoms with van der Waals surface area (Å²) in [6, 6.07) is 10.3. The van der Waals surface area contributed by atoms with Crippen LogP contribution in [0.15, 0.2) is 42.7 Å². The number of hydrogen-bond donors (Lipinski definition) is 2. The fourth-order valence-electron chi connectivity index (χ4n) is 2.58. The van der Waals surface area contributed by atoms with Gasteiger partial charge < -0.3 is 10.7 Å². The van der Waals surface area contributed by atoms with Crippen LogP contribution < -0.4 is 5.73 Å². The highest BCUT2D eigenvalue weighted by atomic mass is 14.7. The van der Waals surface area contributed by atoms with Crippen molar-refractivity contribution < 1.29 is 0 Å². The molecule has 20 heavy (non-hydrogen) atoms. The number of aromatic nitrogens is 2. The number of nitrogens with one attached hydrogen (secondary N) is 1. The average Bonchev–Trinajstić information content (AvgIpc) is 2.96. The summed E-state index contributed by atoms with van der Waals surface area (Å²) in [7, 11) is 0. The first-order chi connectivity index (χ1) is 9.70. The molecule has 0 saturated carbocycles. The SMILES string of the molecule is CCC(C)c1[nH]ccc1-c1ccc2nccc(N)c2c1. The third-order valence-corrected chi connectivity index (χ3v) is 3.97. The van der Waals surface area contributed by atoms with Gasteiger partial charge >= 0.3 is 0 Å². The molecule has 0 bridgehead atoms. The van der Waals surface area contributed by atoms with Gasteiger partial charge in [0.1, 0.15) is 0 Å². The third-order valence-electron chi connectivity index (χ3n) is 3.97. The summed E-state index contributed by atoms with van der Waals surface area (Å²) >= 11 is 0. The van der Waals surface area contributed by atoms with Crippen LogP contribution in [-0.2, 0) is 0 Å². The summed E-state index contributed by atoms with van der Waals surface area (Å²) < 4.78 is 0. The largest absolute Gasteiger partial charge is 0.398 e. The molecule has 3 nitrogen and oxygen atoms in total. The van der Waals surface area contributed by atoms with Crippen LogP contribution in [0.5, 0.6) is 0 Å². The van der Waals surface area contributed by atoms with Gasteiger partial charge in [0.15, 0.2) is 0 Å². The second kappa shape index (κ2) is 5.00. The molecule has 1 unspecified atom stereocenters. The van der Waals surface area contributed by atoms with E-state index in [2.05, 4.69) is 42.0 Å².